The fourth-order valence-corrected chi connectivity index (χ4v) is 3.01. The third kappa shape index (κ3) is 3.24. The summed E-state index contributed by atoms with van der Waals surface area (Å²) in [5.41, 5.74) is 4.08. The number of halogens is 3. The molecule has 2 rings (SSSR count). The Bertz CT molecular complexity index is 610. The molecular formula is C17H17BrClF. The molecule has 1 unspecified atom stereocenters. The van der Waals surface area contributed by atoms with E-state index in [1.54, 1.807) is 6.07 Å². The van der Waals surface area contributed by atoms with Crippen LogP contribution in [-0.2, 0) is 12.8 Å². The zero-order valence-corrected chi connectivity index (χ0v) is 13.9. The fraction of sp³-hybridized carbons (Fsp3) is 0.294. The van der Waals surface area contributed by atoms with Crippen molar-refractivity contribution in [3.05, 3.63) is 68.9 Å². The van der Waals surface area contributed by atoms with Gasteiger partial charge in [-0.2, -0.15) is 0 Å². The van der Waals surface area contributed by atoms with Crippen LogP contribution in [0.5, 0.6) is 0 Å². The lowest BCUT2D eigenvalue weighted by atomic mass is 9.96. The number of hydrogen-bond acceptors (Lipinski definition) is 0. The second-order valence-electron chi connectivity index (χ2n) is 4.76. The van der Waals surface area contributed by atoms with Gasteiger partial charge >= 0.3 is 0 Å². The van der Waals surface area contributed by atoms with Crippen LogP contribution in [0, 0.1) is 5.82 Å². The van der Waals surface area contributed by atoms with Crippen molar-refractivity contribution in [1.29, 1.82) is 0 Å². The number of benzene rings is 2. The first-order chi connectivity index (χ1) is 9.56. The van der Waals surface area contributed by atoms with Crippen LogP contribution in [0.1, 0.15) is 41.5 Å². The highest BCUT2D eigenvalue weighted by Crippen LogP contribution is 2.33. The van der Waals surface area contributed by atoms with Crippen LogP contribution in [0.2, 0.25) is 0 Å². The summed E-state index contributed by atoms with van der Waals surface area (Å²) < 4.78 is 14.7. The highest BCUT2D eigenvalue weighted by molar-refractivity contribution is 9.10. The van der Waals surface area contributed by atoms with Gasteiger partial charge in [0.1, 0.15) is 5.82 Å². The summed E-state index contributed by atoms with van der Waals surface area (Å²) >= 11 is 9.72. The lowest BCUT2D eigenvalue weighted by Crippen LogP contribution is -2.00. The molecule has 2 aromatic carbocycles. The summed E-state index contributed by atoms with van der Waals surface area (Å²) in [5.74, 6) is -0.281. The molecule has 0 radical (unpaired) electrons. The minimum absolute atomic E-state index is 0.281. The Hall–Kier alpha value is -0.860. The molecule has 0 bridgehead atoms. The van der Waals surface area contributed by atoms with E-state index in [9.17, 15) is 4.39 Å². The van der Waals surface area contributed by atoms with Crippen molar-refractivity contribution in [3.8, 4) is 0 Å². The van der Waals surface area contributed by atoms with Gasteiger partial charge in [-0.15, -0.1) is 11.6 Å². The monoisotopic (exact) mass is 354 g/mol. The molecular weight excluding hydrogens is 339 g/mol. The van der Waals surface area contributed by atoms with Crippen molar-refractivity contribution in [2.24, 2.45) is 0 Å². The molecule has 0 amide bonds. The Morgan fingerprint density at radius 3 is 2.35 bits per heavy atom. The van der Waals surface area contributed by atoms with Crippen LogP contribution in [0.15, 0.2) is 40.9 Å². The zero-order chi connectivity index (χ0) is 14.7. The predicted molar refractivity (Wildman–Crippen MR) is 87.0 cm³/mol. The zero-order valence-electron chi connectivity index (χ0n) is 11.6. The van der Waals surface area contributed by atoms with E-state index >= 15 is 0 Å². The van der Waals surface area contributed by atoms with Gasteiger partial charge in [-0.3, -0.25) is 0 Å². The minimum atomic E-state index is -0.459. The average Bonchev–Trinajstić information content (AvgIpc) is 2.45. The number of rotatable bonds is 4. The van der Waals surface area contributed by atoms with Crippen molar-refractivity contribution in [3.63, 3.8) is 0 Å². The van der Waals surface area contributed by atoms with E-state index in [0.717, 1.165) is 22.9 Å². The highest BCUT2D eigenvalue weighted by atomic mass is 79.9. The van der Waals surface area contributed by atoms with Gasteiger partial charge in [0.25, 0.3) is 0 Å². The Labute approximate surface area is 133 Å². The maximum atomic E-state index is 14.0. The Morgan fingerprint density at radius 1 is 1.05 bits per heavy atom. The summed E-state index contributed by atoms with van der Waals surface area (Å²) in [6.07, 6.45) is 1.96. The standard InChI is InChI=1S/C17H17BrClF/c1-3-11-5-6-13(9-12(11)4-2)17(19)15-8-7-14(18)10-16(15)20/h5-10,17H,3-4H2,1-2H3. The molecule has 0 aromatic heterocycles. The molecule has 0 aliphatic carbocycles. The van der Waals surface area contributed by atoms with Crippen LogP contribution < -0.4 is 0 Å². The van der Waals surface area contributed by atoms with Crippen LogP contribution in [0.25, 0.3) is 0 Å². The molecule has 0 nitrogen and oxygen atoms in total. The van der Waals surface area contributed by atoms with Crippen molar-refractivity contribution in [1.82, 2.24) is 0 Å². The van der Waals surface area contributed by atoms with Crippen LogP contribution in [-0.4, -0.2) is 0 Å². The summed E-state index contributed by atoms with van der Waals surface area (Å²) in [4.78, 5) is 0. The van der Waals surface area contributed by atoms with Crippen LogP contribution >= 0.6 is 27.5 Å². The second-order valence-corrected chi connectivity index (χ2v) is 6.12. The van der Waals surface area contributed by atoms with Gasteiger partial charge in [-0.05, 0) is 41.7 Å². The maximum Gasteiger partial charge on any atom is 0.129 e. The van der Waals surface area contributed by atoms with E-state index in [2.05, 4.69) is 41.9 Å². The first kappa shape index (κ1) is 15.5. The first-order valence-corrected chi connectivity index (χ1v) is 8.00. The second kappa shape index (κ2) is 6.73. The Balaban J connectivity index is 2.40. The van der Waals surface area contributed by atoms with E-state index in [1.165, 1.54) is 17.2 Å². The molecule has 0 aliphatic rings. The lowest BCUT2D eigenvalue weighted by molar-refractivity contribution is 0.611. The third-order valence-corrected chi connectivity index (χ3v) is 4.50. The van der Waals surface area contributed by atoms with E-state index in [-0.39, 0.29) is 5.82 Å². The van der Waals surface area contributed by atoms with Crippen LogP contribution in [0.3, 0.4) is 0 Å². The van der Waals surface area contributed by atoms with Crippen molar-refractivity contribution < 1.29 is 4.39 Å². The highest BCUT2D eigenvalue weighted by Gasteiger charge is 2.16. The van der Waals surface area contributed by atoms with E-state index in [1.807, 2.05) is 12.1 Å². The summed E-state index contributed by atoms with van der Waals surface area (Å²) in [6.45, 7) is 4.27. The summed E-state index contributed by atoms with van der Waals surface area (Å²) in [6, 6.07) is 11.2. The van der Waals surface area contributed by atoms with Gasteiger partial charge in [0.2, 0.25) is 0 Å². The van der Waals surface area contributed by atoms with Gasteiger partial charge in [-0.1, -0.05) is 54.0 Å². The molecule has 1 atom stereocenters. The molecule has 0 saturated heterocycles. The van der Waals surface area contributed by atoms with Gasteiger partial charge in [-0.25, -0.2) is 4.39 Å². The predicted octanol–water partition coefficient (Wildman–Crippen LogP) is 6.04. The summed E-state index contributed by atoms with van der Waals surface area (Å²) in [7, 11) is 0. The summed E-state index contributed by atoms with van der Waals surface area (Å²) in [5, 5.41) is -0.459. The normalized spacial score (nSPS) is 12.4. The molecule has 3 heteroatoms. The van der Waals surface area contributed by atoms with Crippen molar-refractivity contribution in [2.75, 3.05) is 0 Å². The lowest BCUT2D eigenvalue weighted by Gasteiger charge is -2.15. The van der Waals surface area contributed by atoms with Gasteiger partial charge < -0.3 is 0 Å². The number of hydrogen-bond donors (Lipinski definition) is 0. The largest absolute Gasteiger partial charge is 0.207 e. The minimum Gasteiger partial charge on any atom is -0.207 e. The fourth-order valence-electron chi connectivity index (χ4n) is 2.36. The molecule has 106 valence electrons. The quantitative estimate of drug-likeness (QED) is 0.586. The molecule has 0 spiro atoms. The van der Waals surface area contributed by atoms with Crippen molar-refractivity contribution >= 4 is 27.5 Å². The first-order valence-electron chi connectivity index (χ1n) is 6.77. The molecule has 0 fully saturated rings. The average molecular weight is 356 g/mol. The van der Waals surface area contributed by atoms with Gasteiger partial charge in [0.15, 0.2) is 0 Å². The van der Waals surface area contributed by atoms with E-state index < -0.39 is 5.38 Å². The van der Waals surface area contributed by atoms with Crippen molar-refractivity contribution in [2.45, 2.75) is 32.1 Å². The maximum absolute atomic E-state index is 14.0. The van der Waals surface area contributed by atoms with E-state index in [4.69, 9.17) is 11.6 Å². The van der Waals surface area contributed by atoms with Crippen LogP contribution in [0.4, 0.5) is 4.39 Å². The molecule has 0 aliphatic heterocycles. The Kier molecular flexibility index (Phi) is 5.22. The number of alkyl halides is 1. The van der Waals surface area contributed by atoms with Gasteiger partial charge in [0, 0.05) is 10.0 Å². The molecule has 0 saturated carbocycles. The third-order valence-electron chi connectivity index (χ3n) is 3.52. The van der Waals surface area contributed by atoms with Gasteiger partial charge in [0.05, 0.1) is 5.38 Å². The number of aryl methyl sites for hydroxylation is 2. The Morgan fingerprint density at radius 2 is 1.75 bits per heavy atom. The topological polar surface area (TPSA) is 0 Å². The molecule has 0 N–H and O–H groups in total. The molecule has 20 heavy (non-hydrogen) atoms. The van der Waals surface area contributed by atoms with E-state index in [0.29, 0.717) is 5.56 Å². The SMILES string of the molecule is CCc1ccc(C(Cl)c2ccc(Br)cc2F)cc1CC. The molecule has 2 aromatic rings. The molecule has 0 heterocycles. The smallest absolute Gasteiger partial charge is 0.129 e.